The molecule has 1 rings (SSSR count). The van der Waals surface area contributed by atoms with Crippen LogP contribution in [0.2, 0.25) is 0 Å². The Morgan fingerprint density at radius 3 is 2.25 bits per heavy atom. The Morgan fingerprint density at radius 2 is 1.68 bits per heavy atom. The fraction of sp³-hybridized carbons (Fsp3) is 0.474. The van der Waals surface area contributed by atoms with Crippen molar-refractivity contribution in [2.75, 3.05) is 19.8 Å². The van der Waals surface area contributed by atoms with Crippen molar-refractivity contribution < 1.29 is 38.5 Å². The summed E-state index contributed by atoms with van der Waals surface area (Å²) in [6, 6.07) is 7.45. The van der Waals surface area contributed by atoms with Crippen molar-refractivity contribution in [3.8, 4) is 0 Å². The predicted molar refractivity (Wildman–Crippen MR) is 97.0 cm³/mol. The van der Waals surface area contributed by atoms with Crippen LogP contribution in [0.3, 0.4) is 0 Å². The molecule has 0 saturated heterocycles. The third-order valence-corrected chi connectivity index (χ3v) is 3.61. The van der Waals surface area contributed by atoms with Crippen LogP contribution in [-0.2, 0) is 40.0 Å². The van der Waals surface area contributed by atoms with E-state index in [1.165, 1.54) is 0 Å². The molecule has 9 nitrogen and oxygen atoms in total. The molecule has 0 heterocycles. The second-order valence-corrected chi connectivity index (χ2v) is 5.73. The normalized spacial score (nSPS) is 12.5. The number of carboxylic acid groups (broad SMARTS) is 1. The van der Waals surface area contributed by atoms with Gasteiger partial charge in [-0.05, 0) is 19.4 Å². The lowest BCUT2D eigenvalue weighted by molar-refractivity contribution is -0.160. The van der Waals surface area contributed by atoms with E-state index in [1.807, 2.05) is 30.3 Å². The Bertz CT molecular complexity index is 661. The number of carbonyl (C=O) groups is 4. The Balaban J connectivity index is 2.73. The van der Waals surface area contributed by atoms with Crippen LogP contribution in [0.15, 0.2) is 30.3 Å². The zero-order valence-electron chi connectivity index (χ0n) is 15.9. The minimum Gasteiger partial charge on any atom is -0.480 e. The molecule has 0 aliphatic rings. The number of amides is 1. The van der Waals surface area contributed by atoms with E-state index < -0.39 is 48.8 Å². The SMILES string of the molecule is CCOC(=O)C[C@@H](C(=O)OCC)[C@H](NC(=O)COCc1ccccc1)C(=O)O. The van der Waals surface area contributed by atoms with Gasteiger partial charge in [0, 0.05) is 0 Å². The second kappa shape index (κ2) is 12.4. The number of ether oxygens (including phenoxy) is 3. The van der Waals surface area contributed by atoms with Crippen molar-refractivity contribution in [2.45, 2.75) is 32.9 Å². The summed E-state index contributed by atoms with van der Waals surface area (Å²) >= 11 is 0. The Kier molecular flexibility index (Phi) is 10.3. The third-order valence-electron chi connectivity index (χ3n) is 3.61. The highest BCUT2D eigenvalue weighted by atomic mass is 16.5. The molecule has 154 valence electrons. The third kappa shape index (κ3) is 8.17. The molecule has 0 aromatic heterocycles. The summed E-state index contributed by atoms with van der Waals surface area (Å²) in [6.45, 7) is 2.96. The number of esters is 2. The van der Waals surface area contributed by atoms with Crippen LogP contribution >= 0.6 is 0 Å². The van der Waals surface area contributed by atoms with Crippen molar-refractivity contribution in [1.29, 1.82) is 0 Å². The van der Waals surface area contributed by atoms with E-state index in [0.29, 0.717) is 0 Å². The van der Waals surface area contributed by atoms with E-state index in [-0.39, 0.29) is 19.8 Å². The predicted octanol–water partition coefficient (Wildman–Crippen LogP) is 0.905. The van der Waals surface area contributed by atoms with Crippen molar-refractivity contribution in [2.24, 2.45) is 5.92 Å². The number of hydrogen-bond donors (Lipinski definition) is 2. The molecule has 2 N–H and O–H groups in total. The van der Waals surface area contributed by atoms with Crippen LogP contribution in [0.25, 0.3) is 0 Å². The maximum absolute atomic E-state index is 12.1. The van der Waals surface area contributed by atoms with Crippen molar-refractivity contribution in [1.82, 2.24) is 5.32 Å². The fourth-order valence-electron chi connectivity index (χ4n) is 2.37. The van der Waals surface area contributed by atoms with Crippen molar-refractivity contribution in [3.05, 3.63) is 35.9 Å². The fourth-order valence-corrected chi connectivity index (χ4v) is 2.37. The first kappa shape index (κ1) is 23.1. The van der Waals surface area contributed by atoms with Crippen molar-refractivity contribution >= 4 is 23.8 Å². The number of rotatable bonds is 12. The number of carboxylic acids is 1. The van der Waals surface area contributed by atoms with Crippen LogP contribution in [0, 0.1) is 5.92 Å². The molecule has 0 aliphatic carbocycles. The van der Waals surface area contributed by atoms with Gasteiger partial charge in [0.05, 0.1) is 32.2 Å². The maximum atomic E-state index is 12.1. The number of carbonyl (C=O) groups excluding carboxylic acids is 3. The highest BCUT2D eigenvalue weighted by Gasteiger charge is 2.38. The van der Waals surface area contributed by atoms with Gasteiger partial charge in [-0.1, -0.05) is 30.3 Å². The highest BCUT2D eigenvalue weighted by Crippen LogP contribution is 2.14. The summed E-state index contributed by atoms with van der Waals surface area (Å²) in [4.78, 5) is 47.6. The molecule has 9 heteroatoms. The molecule has 1 amide bonds. The van der Waals surface area contributed by atoms with Gasteiger partial charge in [0.1, 0.15) is 12.6 Å². The van der Waals surface area contributed by atoms with Gasteiger partial charge in [0.25, 0.3) is 0 Å². The van der Waals surface area contributed by atoms with Gasteiger partial charge in [0.2, 0.25) is 5.91 Å². The molecule has 1 aromatic rings. The molecule has 2 atom stereocenters. The maximum Gasteiger partial charge on any atom is 0.327 e. The van der Waals surface area contributed by atoms with Crippen LogP contribution in [-0.4, -0.2) is 54.8 Å². The number of aliphatic carboxylic acids is 1. The van der Waals surface area contributed by atoms with Crippen LogP contribution in [0.4, 0.5) is 0 Å². The van der Waals surface area contributed by atoms with E-state index in [1.54, 1.807) is 13.8 Å². The monoisotopic (exact) mass is 395 g/mol. The summed E-state index contributed by atoms with van der Waals surface area (Å²) in [5.41, 5.74) is 0.844. The van der Waals surface area contributed by atoms with E-state index in [0.717, 1.165) is 5.56 Å². The van der Waals surface area contributed by atoms with E-state index >= 15 is 0 Å². The largest absolute Gasteiger partial charge is 0.480 e. The molecule has 0 aliphatic heterocycles. The first-order chi connectivity index (χ1) is 13.4. The Morgan fingerprint density at radius 1 is 1.04 bits per heavy atom. The van der Waals surface area contributed by atoms with E-state index in [9.17, 15) is 24.3 Å². The highest BCUT2D eigenvalue weighted by molar-refractivity contribution is 5.90. The second-order valence-electron chi connectivity index (χ2n) is 5.73. The average molecular weight is 395 g/mol. The standard InChI is InChI=1S/C19H25NO8/c1-3-27-16(22)10-14(19(25)28-4-2)17(18(23)24)20-15(21)12-26-11-13-8-6-5-7-9-13/h5-9,14,17H,3-4,10-12H2,1-2H3,(H,20,21)(H,23,24)/t14-,17+/m1/s1. The Labute approximate surface area is 163 Å². The molecule has 0 saturated carbocycles. The Hall–Kier alpha value is -2.94. The topological polar surface area (TPSA) is 128 Å². The van der Waals surface area contributed by atoms with Crippen LogP contribution in [0.5, 0.6) is 0 Å². The first-order valence-corrected chi connectivity index (χ1v) is 8.85. The van der Waals surface area contributed by atoms with Gasteiger partial charge in [-0.3, -0.25) is 14.4 Å². The lowest BCUT2D eigenvalue weighted by Crippen LogP contribution is -2.50. The van der Waals surface area contributed by atoms with E-state index in [2.05, 4.69) is 5.32 Å². The van der Waals surface area contributed by atoms with Gasteiger partial charge in [-0.2, -0.15) is 0 Å². The summed E-state index contributed by atoms with van der Waals surface area (Å²) in [5.74, 6) is -5.30. The lowest BCUT2D eigenvalue weighted by Gasteiger charge is -2.22. The smallest absolute Gasteiger partial charge is 0.327 e. The zero-order chi connectivity index (χ0) is 20.9. The molecule has 0 fully saturated rings. The van der Waals surface area contributed by atoms with Crippen molar-refractivity contribution in [3.63, 3.8) is 0 Å². The number of hydrogen-bond acceptors (Lipinski definition) is 7. The molecular formula is C19H25NO8. The minimum absolute atomic E-state index is 0.00136. The summed E-state index contributed by atoms with van der Waals surface area (Å²) in [5, 5.41) is 11.7. The van der Waals surface area contributed by atoms with Gasteiger partial charge < -0.3 is 24.6 Å². The van der Waals surface area contributed by atoms with Crippen LogP contribution in [0.1, 0.15) is 25.8 Å². The molecule has 0 bridgehead atoms. The molecule has 1 aromatic carbocycles. The number of nitrogens with one attached hydrogen (secondary N) is 1. The van der Waals surface area contributed by atoms with Gasteiger partial charge in [-0.25, -0.2) is 4.79 Å². The first-order valence-electron chi connectivity index (χ1n) is 8.85. The number of benzene rings is 1. The summed E-state index contributed by atoms with van der Waals surface area (Å²) in [7, 11) is 0. The summed E-state index contributed by atoms with van der Waals surface area (Å²) in [6.07, 6.45) is -0.533. The average Bonchev–Trinajstić information content (AvgIpc) is 2.65. The molecule has 0 unspecified atom stereocenters. The van der Waals surface area contributed by atoms with Gasteiger partial charge in [-0.15, -0.1) is 0 Å². The lowest BCUT2D eigenvalue weighted by atomic mass is 9.96. The summed E-state index contributed by atoms with van der Waals surface area (Å²) < 4.78 is 14.9. The van der Waals surface area contributed by atoms with Gasteiger partial charge in [0.15, 0.2) is 0 Å². The zero-order valence-corrected chi connectivity index (χ0v) is 15.9. The van der Waals surface area contributed by atoms with Gasteiger partial charge >= 0.3 is 17.9 Å². The minimum atomic E-state index is -1.66. The quantitative estimate of drug-likeness (QED) is 0.500. The molecular weight excluding hydrogens is 370 g/mol. The molecule has 0 radical (unpaired) electrons. The van der Waals surface area contributed by atoms with E-state index in [4.69, 9.17) is 14.2 Å². The molecule has 28 heavy (non-hydrogen) atoms. The molecule has 0 spiro atoms. The van der Waals surface area contributed by atoms with Crippen LogP contribution < -0.4 is 5.32 Å².